The highest BCUT2D eigenvalue weighted by Gasteiger charge is 2.46. The van der Waals surface area contributed by atoms with Gasteiger partial charge in [0.05, 0.1) is 18.6 Å². The predicted octanol–water partition coefficient (Wildman–Crippen LogP) is 2.88. The molecule has 5 heteroatoms. The number of hydroxylamine groups is 2. The van der Waals surface area contributed by atoms with Crippen molar-refractivity contribution in [2.75, 3.05) is 0 Å². The number of carbonyl (C=O) groups is 2. The molecule has 1 saturated carbocycles. The van der Waals surface area contributed by atoms with Crippen LogP contribution in [0.5, 0.6) is 0 Å². The van der Waals surface area contributed by atoms with Gasteiger partial charge in [0.15, 0.2) is 0 Å². The first-order valence-electron chi connectivity index (χ1n) is 8.82. The minimum absolute atomic E-state index is 0.0203. The minimum atomic E-state index is -0.667. The van der Waals surface area contributed by atoms with Crippen LogP contribution in [0.4, 0.5) is 0 Å². The molecule has 1 aliphatic carbocycles. The van der Waals surface area contributed by atoms with Gasteiger partial charge in [0.2, 0.25) is 0 Å². The standard InChI is InChI=1S/C19H25NO4/c1-14-17(13-21)18(19(22)23-16-10-6-3-7-11-16)20(24-14)12-15-8-4-2-5-9-15/h2,4-5,8-9,13-14,16-18H,3,6-7,10-12H2,1H3/t14-,17-,18+/m1/s1. The van der Waals surface area contributed by atoms with E-state index in [1.165, 1.54) is 6.42 Å². The molecule has 3 rings (SSSR count). The highest BCUT2D eigenvalue weighted by molar-refractivity contribution is 5.81. The lowest BCUT2D eigenvalue weighted by Crippen LogP contribution is -2.42. The van der Waals surface area contributed by atoms with E-state index in [4.69, 9.17) is 9.57 Å². The summed E-state index contributed by atoms with van der Waals surface area (Å²) >= 11 is 0. The highest BCUT2D eigenvalue weighted by atomic mass is 16.7. The number of rotatable bonds is 5. The Morgan fingerprint density at radius 1 is 1.25 bits per heavy atom. The zero-order valence-corrected chi connectivity index (χ0v) is 14.1. The summed E-state index contributed by atoms with van der Waals surface area (Å²) in [6, 6.07) is 9.13. The fourth-order valence-corrected chi connectivity index (χ4v) is 3.57. The summed E-state index contributed by atoms with van der Waals surface area (Å²) in [6.45, 7) is 2.28. The summed E-state index contributed by atoms with van der Waals surface area (Å²) < 4.78 is 5.70. The number of aldehydes is 1. The van der Waals surface area contributed by atoms with Gasteiger partial charge >= 0.3 is 5.97 Å². The van der Waals surface area contributed by atoms with Crippen LogP contribution in [0.2, 0.25) is 0 Å². The van der Waals surface area contributed by atoms with Gasteiger partial charge in [-0.3, -0.25) is 9.63 Å². The van der Waals surface area contributed by atoms with E-state index in [-0.39, 0.29) is 18.2 Å². The first-order chi connectivity index (χ1) is 11.7. The van der Waals surface area contributed by atoms with Crippen LogP contribution < -0.4 is 0 Å². The van der Waals surface area contributed by atoms with Crippen molar-refractivity contribution in [1.82, 2.24) is 5.06 Å². The highest BCUT2D eigenvalue weighted by Crippen LogP contribution is 2.30. The summed E-state index contributed by atoms with van der Waals surface area (Å²) in [5.41, 5.74) is 1.03. The van der Waals surface area contributed by atoms with Crippen LogP contribution in [0.1, 0.15) is 44.6 Å². The first-order valence-corrected chi connectivity index (χ1v) is 8.82. The second kappa shape index (κ2) is 7.90. The summed E-state index contributed by atoms with van der Waals surface area (Å²) in [7, 11) is 0. The van der Waals surface area contributed by atoms with Gasteiger partial charge < -0.3 is 9.53 Å². The third-order valence-corrected chi connectivity index (χ3v) is 4.93. The van der Waals surface area contributed by atoms with Crippen molar-refractivity contribution in [3.05, 3.63) is 35.9 Å². The molecule has 2 fully saturated rings. The van der Waals surface area contributed by atoms with Gasteiger partial charge in [-0.05, 0) is 38.2 Å². The molecule has 1 aromatic rings. The third-order valence-electron chi connectivity index (χ3n) is 4.93. The summed E-state index contributed by atoms with van der Waals surface area (Å²) in [5.74, 6) is -0.830. The van der Waals surface area contributed by atoms with Crippen molar-refractivity contribution in [1.29, 1.82) is 0 Å². The first kappa shape index (κ1) is 17.1. The minimum Gasteiger partial charge on any atom is -0.461 e. The molecule has 1 aliphatic heterocycles. The van der Waals surface area contributed by atoms with Gasteiger partial charge in [-0.15, -0.1) is 0 Å². The molecule has 1 heterocycles. The van der Waals surface area contributed by atoms with Crippen molar-refractivity contribution in [3.8, 4) is 0 Å². The molecular formula is C19H25NO4. The molecule has 0 bridgehead atoms. The summed E-state index contributed by atoms with van der Waals surface area (Å²) in [4.78, 5) is 30.0. The van der Waals surface area contributed by atoms with Crippen LogP contribution in [-0.4, -0.2) is 35.6 Å². The van der Waals surface area contributed by atoms with Gasteiger partial charge in [-0.25, -0.2) is 0 Å². The monoisotopic (exact) mass is 331 g/mol. The maximum atomic E-state index is 12.7. The van der Waals surface area contributed by atoms with E-state index in [9.17, 15) is 9.59 Å². The van der Waals surface area contributed by atoms with Crippen molar-refractivity contribution < 1.29 is 19.2 Å². The largest absolute Gasteiger partial charge is 0.461 e. The van der Waals surface area contributed by atoms with Gasteiger partial charge in [-0.2, -0.15) is 5.06 Å². The number of nitrogens with zero attached hydrogens (tertiary/aromatic N) is 1. The van der Waals surface area contributed by atoms with E-state index >= 15 is 0 Å². The Morgan fingerprint density at radius 3 is 2.62 bits per heavy atom. The zero-order valence-electron chi connectivity index (χ0n) is 14.1. The van der Waals surface area contributed by atoms with E-state index in [1.54, 1.807) is 5.06 Å². The van der Waals surface area contributed by atoms with Crippen LogP contribution >= 0.6 is 0 Å². The van der Waals surface area contributed by atoms with E-state index < -0.39 is 12.0 Å². The zero-order chi connectivity index (χ0) is 16.9. The Labute approximate surface area is 142 Å². The van der Waals surface area contributed by atoms with Gasteiger partial charge in [0, 0.05) is 0 Å². The molecule has 2 aliphatic rings. The van der Waals surface area contributed by atoms with Crippen molar-refractivity contribution in [2.45, 2.75) is 63.8 Å². The van der Waals surface area contributed by atoms with Crippen molar-refractivity contribution in [3.63, 3.8) is 0 Å². The number of carbonyl (C=O) groups excluding carboxylic acids is 2. The van der Waals surface area contributed by atoms with Gasteiger partial charge in [0.25, 0.3) is 0 Å². The normalized spacial score (nSPS) is 28.6. The maximum absolute atomic E-state index is 12.7. The molecule has 0 unspecified atom stereocenters. The van der Waals surface area contributed by atoms with E-state index in [0.717, 1.165) is 37.5 Å². The maximum Gasteiger partial charge on any atom is 0.326 e. The van der Waals surface area contributed by atoms with E-state index in [0.29, 0.717) is 6.54 Å². The molecule has 3 atom stereocenters. The van der Waals surface area contributed by atoms with E-state index in [1.807, 2.05) is 37.3 Å². The summed E-state index contributed by atoms with van der Waals surface area (Å²) in [5, 5.41) is 1.62. The Balaban J connectivity index is 1.71. The Hall–Kier alpha value is -1.72. The molecule has 1 aromatic carbocycles. The third kappa shape index (κ3) is 3.84. The van der Waals surface area contributed by atoms with Crippen LogP contribution in [0.25, 0.3) is 0 Å². The Kier molecular flexibility index (Phi) is 5.63. The van der Waals surface area contributed by atoms with Crippen LogP contribution in [0.3, 0.4) is 0 Å². The molecule has 130 valence electrons. The summed E-state index contributed by atoms with van der Waals surface area (Å²) in [6.07, 6.45) is 5.71. The molecule has 0 amide bonds. The van der Waals surface area contributed by atoms with Crippen LogP contribution in [-0.2, 0) is 25.7 Å². The molecule has 0 aromatic heterocycles. The second-order valence-corrected chi connectivity index (χ2v) is 6.73. The second-order valence-electron chi connectivity index (χ2n) is 6.73. The van der Waals surface area contributed by atoms with Crippen molar-refractivity contribution in [2.24, 2.45) is 5.92 Å². The van der Waals surface area contributed by atoms with Crippen LogP contribution in [0.15, 0.2) is 30.3 Å². The Morgan fingerprint density at radius 2 is 1.96 bits per heavy atom. The predicted molar refractivity (Wildman–Crippen MR) is 88.8 cm³/mol. The number of hydrogen-bond donors (Lipinski definition) is 0. The molecule has 0 radical (unpaired) electrons. The molecule has 1 saturated heterocycles. The van der Waals surface area contributed by atoms with E-state index in [2.05, 4.69) is 0 Å². The van der Waals surface area contributed by atoms with Crippen molar-refractivity contribution >= 4 is 12.3 Å². The molecule has 24 heavy (non-hydrogen) atoms. The SMILES string of the molecule is C[C@H]1ON(Cc2ccccc2)[C@H](C(=O)OC2CCCCC2)[C@@H]1C=O. The Bertz CT molecular complexity index is 556. The topological polar surface area (TPSA) is 55.8 Å². The van der Waals surface area contributed by atoms with Gasteiger partial charge in [-0.1, -0.05) is 36.8 Å². The quantitative estimate of drug-likeness (QED) is 0.613. The number of hydrogen-bond acceptors (Lipinski definition) is 5. The molecule has 0 N–H and O–H groups in total. The van der Waals surface area contributed by atoms with Crippen LogP contribution in [0, 0.1) is 5.92 Å². The molecular weight excluding hydrogens is 306 g/mol. The van der Waals surface area contributed by atoms with Gasteiger partial charge in [0.1, 0.15) is 18.4 Å². The lowest BCUT2D eigenvalue weighted by atomic mass is 9.95. The lowest BCUT2D eigenvalue weighted by molar-refractivity contribution is -0.188. The average molecular weight is 331 g/mol. The lowest BCUT2D eigenvalue weighted by Gasteiger charge is -2.27. The molecule has 5 nitrogen and oxygen atoms in total. The fourth-order valence-electron chi connectivity index (χ4n) is 3.57. The average Bonchev–Trinajstić information content (AvgIpc) is 2.91. The fraction of sp³-hybridized carbons (Fsp3) is 0.579. The number of esters is 1. The molecule has 0 spiro atoms. The number of benzene rings is 1. The number of ether oxygens (including phenoxy) is 1. The smallest absolute Gasteiger partial charge is 0.326 e.